The summed E-state index contributed by atoms with van der Waals surface area (Å²) in [6, 6.07) is 0. The molecule has 1 N–H and O–H groups in total. The smallest absolute Gasteiger partial charge is 0.0591 e. The normalized spacial score (nSPS) is 10.2. The second-order valence-electron chi connectivity index (χ2n) is 1.96. The summed E-state index contributed by atoms with van der Waals surface area (Å²) in [6.45, 7) is 5.83. The van der Waals surface area contributed by atoms with Crippen molar-refractivity contribution >= 4 is 11.8 Å². The lowest BCUT2D eigenvalue weighted by atomic mass is 10.6. The molecule has 0 rings (SSSR count). The number of hydrogen-bond acceptors (Lipinski definition) is 3. The molecule has 0 bridgehead atoms. The van der Waals surface area contributed by atoms with Gasteiger partial charge in [0, 0.05) is 12.3 Å². The van der Waals surface area contributed by atoms with Crippen LogP contribution in [0.3, 0.4) is 0 Å². The van der Waals surface area contributed by atoms with E-state index in [1.54, 1.807) is 0 Å². The van der Waals surface area contributed by atoms with Crippen LogP contribution in [0.15, 0.2) is 0 Å². The van der Waals surface area contributed by atoms with Crippen LogP contribution in [0.2, 0.25) is 0 Å². The Morgan fingerprint density at radius 1 is 1.40 bits per heavy atom. The van der Waals surface area contributed by atoms with E-state index < -0.39 is 0 Å². The van der Waals surface area contributed by atoms with Crippen molar-refractivity contribution < 1.29 is 4.74 Å². The molecular weight excluding hydrogens is 146 g/mol. The van der Waals surface area contributed by atoms with E-state index in [0.717, 1.165) is 32.1 Å². The zero-order valence-corrected chi connectivity index (χ0v) is 7.67. The van der Waals surface area contributed by atoms with Gasteiger partial charge >= 0.3 is 0 Å². The first-order valence-electron chi connectivity index (χ1n) is 3.69. The van der Waals surface area contributed by atoms with E-state index in [0.29, 0.717) is 0 Å². The van der Waals surface area contributed by atoms with Crippen LogP contribution in [-0.2, 0) is 4.74 Å². The van der Waals surface area contributed by atoms with Gasteiger partial charge in [-0.1, -0.05) is 6.92 Å². The molecule has 0 saturated heterocycles. The third-order valence-electron chi connectivity index (χ3n) is 1.10. The molecule has 0 unspecified atom stereocenters. The van der Waals surface area contributed by atoms with Crippen LogP contribution in [0.1, 0.15) is 6.92 Å². The van der Waals surface area contributed by atoms with Gasteiger partial charge in [0.15, 0.2) is 0 Å². The van der Waals surface area contributed by atoms with Crippen LogP contribution in [0.5, 0.6) is 0 Å². The predicted molar refractivity (Wildman–Crippen MR) is 47.7 cm³/mol. The number of ether oxygens (including phenoxy) is 1. The lowest BCUT2D eigenvalue weighted by Crippen LogP contribution is -2.19. The first-order valence-corrected chi connectivity index (χ1v) is 5.08. The van der Waals surface area contributed by atoms with Crippen LogP contribution in [0.25, 0.3) is 0 Å². The van der Waals surface area contributed by atoms with Crippen LogP contribution < -0.4 is 5.32 Å². The first kappa shape index (κ1) is 10.3. The van der Waals surface area contributed by atoms with Crippen molar-refractivity contribution in [3.63, 3.8) is 0 Å². The van der Waals surface area contributed by atoms with Gasteiger partial charge in [0.25, 0.3) is 0 Å². The SMILES string of the molecule is CCNCCOCCSC. The summed E-state index contributed by atoms with van der Waals surface area (Å²) >= 11 is 1.82. The molecule has 0 aromatic rings. The number of nitrogens with one attached hydrogen (secondary N) is 1. The summed E-state index contributed by atoms with van der Waals surface area (Å²) in [5.74, 6) is 1.10. The average molecular weight is 163 g/mol. The van der Waals surface area contributed by atoms with Crippen LogP contribution in [0.4, 0.5) is 0 Å². The maximum atomic E-state index is 5.29. The molecule has 0 aromatic heterocycles. The summed E-state index contributed by atoms with van der Waals surface area (Å²) in [6.07, 6.45) is 2.09. The molecule has 0 aliphatic rings. The Bertz CT molecular complexity index is 53.6. The minimum atomic E-state index is 0.842. The molecule has 0 aliphatic heterocycles. The van der Waals surface area contributed by atoms with Gasteiger partial charge in [-0.05, 0) is 12.8 Å². The van der Waals surface area contributed by atoms with Crippen molar-refractivity contribution in [3.8, 4) is 0 Å². The highest BCUT2D eigenvalue weighted by molar-refractivity contribution is 7.98. The maximum absolute atomic E-state index is 5.29. The molecule has 10 heavy (non-hydrogen) atoms. The molecule has 3 heteroatoms. The third-order valence-corrected chi connectivity index (χ3v) is 1.68. The number of hydrogen-bond donors (Lipinski definition) is 1. The lowest BCUT2D eigenvalue weighted by Gasteiger charge is -2.02. The maximum Gasteiger partial charge on any atom is 0.0591 e. The van der Waals surface area contributed by atoms with Crippen LogP contribution >= 0.6 is 11.8 Å². The summed E-state index contributed by atoms with van der Waals surface area (Å²) in [4.78, 5) is 0. The van der Waals surface area contributed by atoms with Gasteiger partial charge in [0.1, 0.15) is 0 Å². The Balaban J connectivity index is 2.65. The van der Waals surface area contributed by atoms with E-state index in [9.17, 15) is 0 Å². The Kier molecular flexibility index (Phi) is 9.52. The molecule has 0 heterocycles. The second kappa shape index (κ2) is 9.27. The van der Waals surface area contributed by atoms with Gasteiger partial charge in [-0.15, -0.1) is 0 Å². The highest BCUT2D eigenvalue weighted by Gasteiger charge is 1.85. The minimum Gasteiger partial charge on any atom is -0.379 e. The van der Waals surface area contributed by atoms with Crippen molar-refractivity contribution in [1.82, 2.24) is 5.32 Å². The fourth-order valence-electron chi connectivity index (χ4n) is 0.565. The summed E-state index contributed by atoms with van der Waals surface area (Å²) in [7, 11) is 0. The zero-order valence-electron chi connectivity index (χ0n) is 6.85. The molecule has 0 aliphatic carbocycles. The predicted octanol–water partition coefficient (Wildman–Crippen LogP) is 0.975. The number of rotatable bonds is 7. The van der Waals surface area contributed by atoms with Crippen LogP contribution in [0, 0.1) is 0 Å². The molecule has 62 valence electrons. The molecule has 0 fully saturated rings. The lowest BCUT2D eigenvalue weighted by molar-refractivity contribution is 0.152. The molecule has 0 spiro atoms. The second-order valence-corrected chi connectivity index (χ2v) is 2.94. The topological polar surface area (TPSA) is 21.3 Å². The van der Waals surface area contributed by atoms with Crippen molar-refractivity contribution in [1.29, 1.82) is 0 Å². The van der Waals surface area contributed by atoms with E-state index in [1.165, 1.54) is 0 Å². The quantitative estimate of drug-likeness (QED) is 0.565. The van der Waals surface area contributed by atoms with E-state index in [-0.39, 0.29) is 0 Å². The van der Waals surface area contributed by atoms with Gasteiger partial charge in [-0.3, -0.25) is 0 Å². The molecule has 0 atom stereocenters. The number of thioether (sulfide) groups is 1. The van der Waals surface area contributed by atoms with Gasteiger partial charge in [0.05, 0.1) is 13.2 Å². The van der Waals surface area contributed by atoms with Gasteiger partial charge in [-0.25, -0.2) is 0 Å². The number of likely N-dealkylation sites (N-methyl/N-ethyl adjacent to an activating group) is 1. The Morgan fingerprint density at radius 2 is 2.20 bits per heavy atom. The monoisotopic (exact) mass is 163 g/mol. The first-order chi connectivity index (χ1) is 4.91. The molecule has 0 aromatic carbocycles. The highest BCUT2D eigenvalue weighted by Crippen LogP contribution is 1.89. The Morgan fingerprint density at radius 3 is 2.80 bits per heavy atom. The summed E-state index contributed by atoms with van der Waals surface area (Å²) < 4.78 is 5.29. The fraction of sp³-hybridized carbons (Fsp3) is 1.00. The fourth-order valence-corrected chi connectivity index (χ4v) is 0.850. The van der Waals surface area contributed by atoms with Crippen molar-refractivity contribution in [2.24, 2.45) is 0 Å². The zero-order chi connectivity index (χ0) is 7.66. The van der Waals surface area contributed by atoms with Crippen molar-refractivity contribution in [3.05, 3.63) is 0 Å². The minimum absolute atomic E-state index is 0.842. The van der Waals surface area contributed by atoms with Crippen LogP contribution in [-0.4, -0.2) is 38.3 Å². The third kappa shape index (κ3) is 8.27. The highest BCUT2D eigenvalue weighted by atomic mass is 32.2. The summed E-state index contributed by atoms with van der Waals surface area (Å²) in [5, 5.41) is 3.19. The van der Waals surface area contributed by atoms with Crippen molar-refractivity contribution in [2.75, 3.05) is 38.3 Å². The van der Waals surface area contributed by atoms with Crippen molar-refractivity contribution in [2.45, 2.75) is 6.92 Å². The molecule has 0 radical (unpaired) electrons. The summed E-state index contributed by atoms with van der Waals surface area (Å²) in [5.41, 5.74) is 0. The van der Waals surface area contributed by atoms with E-state index >= 15 is 0 Å². The largest absolute Gasteiger partial charge is 0.379 e. The van der Waals surface area contributed by atoms with E-state index in [1.807, 2.05) is 11.8 Å². The molecule has 2 nitrogen and oxygen atoms in total. The molecular formula is C7H17NOS. The van der Waals surface area contributed by atoms with E-state index in [2.05, 4.69) is 18.5 Å². The Hall–Kier alpha value is 0.270. The van der Waals surface area contributed by atoms with E-state index in [4.69, 9.17) is 4.74 Å². The molecule has 0 amide bonds. The average Bonchev–Trinajstić information content (AvgIpc) is 1.97. The Labute approximate surface area is 67.7 Å². The van der Waals surface area contributed by atoms with Gasteiger partial charge in [0.2, 0.25) is 0 Å². The molecule has 0 saturated carbocycles. The van der Waals surface area contributed by atoms with Gasteiger partial charge in [-0.2, -0.15) is 11.8 Å². The van der Waals surface area contributed by atoms with Gasteiger partial charge < -0.3 is 10.1 Å². The standard InChI is InChI=1S/C7H17NOS/c1-3-8-4-5-9-6-7-10-2/h8H,3-7H2,1-2H3.